The van der Waals surface area contributed by atoms with Gasteiger partial charge in [0.15, 0.2) is 0 Å². The summed E-state index contributed by atoms with van der Waals surface area (Å²) < 4.78 is 5.48. The van der Waals surface area contributed by atoms with E-state index in [2.05, 4.69) is 10.6 Å². The molecule has 1 fully saturated rings. The van der Waals surface area contributed by atoms with Crippen molar-refractivity contribution in [2.45, 2.75) is 12.5 Å². The minimum absolute atomic E-state index is 0.0596. The number of para-hydroxylation sites is 1. The van der Waals surface area contributed by atoms with Crippen LogP contribution in [0.1, 0.15) is 6.42 Å². The van der Waals surface area contributed by atoms with E-state index in [0.29, 0.717) is 25.3 Å². The summed E-state index contributed by atoms with van der Waals surface area (Å²) in [5, 5.41) is 5.50. The molecule has 2 rings (SSSR count). The zero-order valence-electron chi connectivity index (χ0n) is 11.1. The minimum Gasteiger partial charge on any atom is -0.492 e. The van der Waals surface area contributed by atoms with Crippen LogP contribution in [0.5, 0.6) is 5.75 Å². The largest absolute Gasteiger partial charge is 0.492 e. The van der Waals surface area contributed by atoms with Gasteiger partial charge in [-0.25, -0.2) is 0 Å². The molecule has 2 amide bonds. The Balaban J connectivity index is 1.68. The molecule has 1 aliphatic heterocycles. The Morgan fingerprint density at radius 3 is 3.00 bits per heavy atom. The van der Waals surface area contributed by atoms with Crippen molar-refractivity contribution in [3.63, 3.8) is 0 Å². The Labute approximate surface area is 122 Å². The first-order chi connectivity index (χ1) is 9.75. The molecule has 0 spiro atoms. The SMILES string of the molecule is O=C1CCSC[C@@H](C(=O)NCCOc2ccccc2)N1. The van der Waals surface area contributed by atoms with Crippen LogP contribution in [0.15, 0.2) is 30.3 Å². The number of thioether (sulfide) groups is 1. The second-order valence-corrected chi connectivity index (χ2v) is 5.55. The summed E-state index contributed by atoms with van der Waals surface area (Å²) in [7, 11) is 0. The molecule has 1 aliphatic rings. The molecule has 0 saturated carbocycles. The maximum absolute atomic E-state index is 11.9. The Kier molecular flexibility index (Phi) is 5.73. The summed E-state index contributed by atoms with van der Waals surface area (Å²) >= 11 is 1.62. The zero-order valence-corrected chi connectivity index (χ0v) is 11.9. The van der Waals surface area contributed by atoms with E-state index < -0.39 is 6.04 Å². The highest BCUT2D eigenvalue weighted by Crippen LogP contribution is 2.10. The molecule has 1 heterocycles. The average Bonchev–Trinajstić information content (AvgIpc) is 2.69. The van der Waals surface area contributed by atoms with Crippen LogP contribution < -0.4 is 15.4 Å². The van der Waals surface area contributed by atoms with Crippen LogP contribution >= 0.6 is 11.8 Å². The molecule has 0 aromatic heterocycles. The molecule has 5 nitrogen and oxygen atoms in total. The highest BCUT2D eigenvalue weighted by atomic mass is 32.2. The fourth-order valence-electron chi connectivity index (χ4n) is 1.80. The Hall–Kier alpha value is -1.69. The molecular formula is C14H18N2O3S. The molecule has 0 radical (unpaired) electrons. The normalized spacial score (nSPS) is 18.8. The molecule has 1 atom stereocenters. The van der Waals surface area contributed by atoms with E-state index in [0.717, 1.165) is 11.5 Å². The lowest BCUT2D eigenvalue weighted by molar-refractivity contribution is -0.128. The highest BCUT2D eigenvalue weighted by Gasteiger charge is 2.22. The van der Waals surface area contributed by atoms with Gasteiger partial charge in [0.1, 0.15) is 18.4 Å². The van der Waals surface area contributed by atoms with Crippen LogP contribution in [0.25, 0.3) is 0 Å². The van der Waals surface area contributed by atoms with Crippen LogP contribution in [0.3, 0.4) is 0 Å². The van der Waals surface area contributed by atoms with Gasteiger partial charge in [-0.15, -0.1) is 0 Å². The van der Waals surface area contributed by atoms with E-state index in [-0.39, 0.29) is 11.8 Å². The smallest absolute Gasteiger partial charge is 0.243 e. The van der Waals surface area contributed by atoms with E-state index in [1.54, 1.807) is 11.8 Å². The van der Waals surface area contributed by atoms with Crippen molar-refractivity contribution in [1.82, 2.24) is 10.6 Å². The van der Waals surface area contributed by atoms with Gasteiger partial charge in [0.25, 0.3) is 0 Å². The van der Waals surface area contributed by atoms with Crippen LogP contribution in [0, 0.1) is 0 Å². The van der Waals surface area contributed by atoms with Crippen molar-refractivity contribution < 1.29 is 14.3 Å². The number of nitrogens with one attached hydrogen (secondary N) is 2. The monoisotopic (exact) mass is 294 g/mol. The van der Waals surface area contributed by atoms with Crippen LogP contribution in [-0.4, -0.2) is 42.5 Å². The first-order valence-corrected chi connectivity index (χ1v) is 7.74. The molecule has 1 saturated heterocycles. The molecule has 0 bridgehead atoms. The van der Waals surface area contributed by atoms with Gasteiger partial charge in [0.05, 0.1) is 6.54 Å². The van der Waals surface area contributed by atoms with Gasteiger partial charge in [0.2, 0.25) is 11.8 Å². The predicted octanol–water partition coefficient (Wildman–Crippen LogP) is 0.803. The third kappa shape index (κ3) is 4.77. The summed E-state index contributed by atoms with van der Waals surface area (Å²) in [4.78, 5) is 23.3. The Morgan fingerprint density at radius 2 is 2.20 bits per heavy atom. The minimum atomic E-state index is -0.438. The molecule has 1 aromatic carbocycles. The second kappa shape index (κ2) is 7.79. The first kappa shape index (κ1) is 14.7. The van der Waals surface area contributed by atoms with E-state index in [1.165, 1.54) is 0 Å². The van der Waals surface area contributed by atoms with Crippen LogP contribution in [0.4, 0.5) is 0 Å². The summed E-state index contributed by atoms with van der Waals surface area (Å²) in [6.07, 6.45) is 0.478. The molecule has 1 aromatic rings. The Bertz CT molecular complexity index is 453. The van der Waals surface area contributed by atoms with Gasteiger partial charge < -0.3 is 15.4 Å². The van der Waals surface area contributed by atoms with Crippen molar-refractivity contribution >= 4 is 23.6 Å². The highest BCUT2D eigenvalue weighted by molar-refractivity contribution is 7.99. The molecule has 108 valence electrons. The van der Waals surface area contributed by atoms with E-state index >= 15 is 0 Å². The number of hydrogen-bond donors (Lipinski definition) is 2. The fraction of sp³-hybridized carbons (Fsp3) is 0.429. The number of carbonyl (C=O) groups excluding carboxylic acids is 2. The number of benzene rings is 1. The van der Waals surface area contributed by atoms with Crippen LogP contribution in [0.2, 0.25) is 0 Å². The number of rotatable bonds is 5. The van der Waals surface area contributed by atoms with Crippen molar-refractivity contribution in [3.8, 4) is 5.75 Å². The van der Waals surface area contributed by atoms with E-state index in [9.17, 15) is 9.59 Å². The van der Waals surface area contributed by atoms with Gasteiger partial charge in [-0.1, -0.05) is 18.2 Å². The topological polar surface area (TPSA) is 67.4 Å². The molecule has 6 heteroatoms. The summed E-state index contributed by atoms with van der Waals surface area (Å²) in [6.45, 7) is 0.828. The van der Waals surface area contributed by atoms with Gasteiger partial charge >= 0.3 is 0 Å². The number of carbonyl (C=O) groups is 2. The lowest BCUT2D eigenvalue weighted by atomic mass is 10.3. The van der Waals surface area contributed by atoms with Gasteiger partial charge in [-0.3, -0.25) is 9.59 Å². The van der Waals surface area contributed by atoms with Crippen molar-refractivity contribution in [2.75, 3.05) is 24.7 Å². The maximum Gasteiger partial charge on any atom is 0.243 e. The molecule has 2 N–H and O–H groups in total. The van der Waals surface area contributed by atoms with Gasteiger partial charge in [0, 0.05) is 17.9 Å². The van der Waals surface area contributed by atoms with Gasteiger partial charge in [-0.2, -0.15) is 11.8 Å². The first-order valence-electron chi connectivity index (χ1n) is 6.58. The van der Waals surface area contributed by atoms with Crippen LogP contribution in [-0.2, 0) is 9.59 Å². The van der Waals surface area contributed by atoms with Crippen molar-refractivity contribution in [2.24, 2.45) is 0 Å². The van der Waals surface area contributed by atoms with Crippen molar-refractivity contribution in [1.29, 1.82) is 0 Å². The third-order valence-electron chi connectivity index (χ3n) is 2.82. The molecule has 0 aliphatic carbocycles. The summed E-state index contributed by atoms with van der Waals surface area (Å²) in [6, 6.07) is 9.00. The van der Waals surface area contributed by atoms with Crippen molar-refractivity contribution in [3.05, 3.63) is 30.3 Å². The standard InChI is InChI=1S/C14H18N2O3S/c17-13-6-9-20-10-12(16-13)14(18)15-7-8-19-11-4-2-1-3-5-11/h1-5,12H,6-10H2,(H,15,18)(H,16,17)/t12-/m0/s1. The number of ether oxygens (including phenoxy) is 1. The third-order valence-corrected chi connectivity index (χ3v) is 3.88. The fourth-order valence-corrected chi connectivity index (χ4v) is 2.77. The zero-order chi connectivity index (χ0) is 14.2. The van der Waals surface area contributed by atoms with Gasteiger partial charge in [-0.05, 0) is 12.1 Å². The summed E-state index contributed by atoms with van der Waals surface area (Å²) in [5.41, 5.74) is 0. The van der Waals surface area contributed by atoms with E-state index in [4.69, 9.17) is 4.74 Å². The molecule has 20 heavy (non-hydrogen) atoms. The molecule has 0 unspecified atom stereocenters. The molecular weight excluding hydrogens is 276 g/mol. The lowest BCUT2D eigenvalue weighted by Gasteiger charge is -2.15. The average molecular weight is 294 g/mol. The quantitative estimate of drug-likeness (QED) is 0.789. The predicted molar refractivity (Wildman–Crippen MR) is 78.8 cm³/mol. The summed E-state index contributed by atoms with van der Waals surface area (Å²) in [5.74, 6) is 1.96. The Morgan fingerprint density at radius 1 is 1.40 bits per heavy atom. The maximum atomic E-state index is 11.9. The second-order valence-electron chi connectivity index (χ2n) is 4.40. The lowest BCUT2D eigenvalue weighted by Crippen LogP contribution is -2.48. The number of amides is 2. The number of hydrogen-bond acceptors (Lipinski definition) is 4. The van der Waals surface area contributed by atoms with E-state index in [1.807, 2.05) is 30.3 Å².